The first-order valence-electron chi connectivity index (χ1n) is 14.1. The molecule has 0 radical (unpaired) electrons. The number of anilines is 2. The molecule has 3 aromatic heterocycles. The van der Waals surface area contributed by atoms with Gasteiger partial charge in [-0.05, 0) is 74.5 Å². The maximum Gasteiger partial charge on any atom is 0.407 e. The molecule has 236 valence electrons. The van der Waals surface area contributed by atoms with E-state index < -0.39 is 29.2 Å². The van der Waals surface area contributed by atoms with Crippen molar-refractivity contribution in [1.29, 1.82) is 0 Å². The highest BCUT2D eigenvalue weighted by molar-refractivity contribution is 6.04. The van der Waals surface area contributed by atoms with Gasteiger partial charge in [-0.25, -0.2) is 18.6 Å². The molecule has 0 aliphatic carbocycles. The van der Waals surface area contributed by atoms with E-state index in [0.717, 1.165) is 6.07 Å². The minimum atomic E-state index is -0.777. The first kappa shape index (κ1) is 31.4. The molecule has 46 heavy (non-hydrogen) atoms. The molecule has 0 spiro atoms. The van der Waals surface area contributed by atoms with Crippen LogP contribution in [0.2, 0.25) is 0 Å². The molecule has 2 aromatic carbocycles. The van der Waals surface area contributed by atoms with Crippen LogP contribution >= 0.6 is 0 Å². The molecule has 0 bridgehead atoms. The average molecular weight is 631 g/mol. The van der Waals surface area contributed by atoms with Gasteiger partial charge in [0.1, 0.15) is 22.8 Å². The van der Waals surface area contributed by atoms with E-state index in [1.807, 2.05) is 0 Å². The largest absolute Gasteiger partial charge is 0.453 e. The van der Waals surface area contributed by atoms with Gasteiger partial charge in [0, 0.05) is 36.1 Å². The molecule has 0 atom stereocenters. The lowest BCUT2D eigenvalue weighted by molar-refractivity contribution is -0.116. The fourth-order valence-corrected chi connectivity index (χ4v) is 4.46. The highest BCUT2D eigenvalue weighted by Crippen LogP contribution is 2.27. The summed E-state index contributed by atoms with van der Waals surface area (Å²) in [6.45, 7) is 3.67. The Bertz CT molecular complexity index is 1990. The maximum atomic E-state index is 15.0. The Labute approximate surface area is 260 Å². The summed E-state index contributed by atoms with van der Waals surface area (Å²) in [7, 11) is 0. The standard InChI is InChI=1S/C32H28F2N6O6/c1-3-45-32(44)35-15-14-29(41)38-27-18-39-17-23(10-13-28(39)37-27)46-26-12-7-21(16-25(26)34)36-30(42)24-11-4-19(2)40(31(24)43)22-8-5-20(33)6-9-22/h4-13,16-18H,3,14-15H2,1-2H3,(H,35,44)(H,36,42)(H,38,41). The molecule has 14 heteroatoms. The number of alkyl carbamates (subject to hydrolysis) is 1. The van der Waals surface area contributed by atoms with E-state index in [2.05, 4.69) is 20.9 Å². The normalized spacial score (nSPS) is 10.8. The summed E-state index contributed by atoms with van der Waals surface area (Å²) < 4.78 is 41.7. The number of ether oxygens (including phenoxy) is 2. The van der Waals surface area contributed by atoms with E-state index in [-0.39, 0.29) is 54.0 Å². The monoisotopic (exact) mass is 630 g/mol. The highest BCUT2D eigenvalue weighted by atomic mass is 19.1. The number of benzene rings is 2. The van der Waals surface area contributed by atoms with E-state index in [0.29, 0.717) is 17.0 Å². The number of carbonyl (C=O) groups excluding carboxylic acids is 3. The molecule has 0 aliphatic rings. The SMILES string of the molecule is CCOC(=O)NCCC(=O)Nc1cn2cc(Oc3ccc(NC(=O)c4ccc(C)n(-c5ccc(F)cc5)c4=O)cc3F)ccc2n1. The van der Waals surface area contributed by atoms with Crippen molar-refractivity contribution in [2.45, 2.75) is 20.3 Å². The first-order chi connectivity index (χ1) is 22.1. The number of carbonyl (C=O) groups is 3. The van der Waals surface area contributed by atoms with E-state index in [1.165, 1.54) is 47.0 Å². The summed E-state index contributed by atoms with van der Waals surface area (Å²) in [4.78, 5) is 53.9. The summed E-state index contributed by atoms with van der Waals surface area (Å²) in [6.07, 6.45) is 2.49. The van der Waals surface area contributed by atoms with E-state index in [9.17, 15) is 23.6 Å². The predicted molar refractivity (Wildman–Crippen MR) is 165 cm³/mol. The third-order valence-corrected chi connectivity index (χ3v) is 6.61. The summed E-state index contributed by atoms with van der Waals surface area (Å²) in [6, 6.07) is 15.2. The van der Waals surface area contributed by atoms with Crippen molar-refractivity contribution in [2.24, 2.45) is 0 Å². The number of amides is 3. The van der Waals surface area contributed by atoms with Gasteiger partial charge in [-0.15, -0.1) is 0 Å². The molecule has 12 nitrogen and oxygen atoms in total. The molecular weight excluding hydrogens is 602 g/mol. The van der Waals surface area contributed by atoms with Crippen molar-refractivity contribution in [2.75, 3.05) is 23.8 Å². The number of nitrogens with one attached hydrogen (secondary N) is 3. The quantitative estimate of drug-likeness (QED) is 0.193. The fourth-order valence-electron chi connectivity index (χ4n) is 4.46. The van der Waals surface area contributed by atoms with Crippen molar-refractivity contribution in [3.05, 3.63) is 112 Å². The smallest absolute Gasteiger partial charge is 0.407 e. The minimum absolute atomic E-state index is 0.00976. The van der Waals surface area contributed by atoms with Crippen molar-refractivity contribution >= 4 is 35.1 Å². The van der Waals surface area contributed by atoms with Gasteiger partial charge in [-0.2, -0.15) is 0 Å². The number of fused-ring (bicyclic) bond motifs is 1. The Kier molecular flexibility index (Phi) is 9.36. The Morgan fingerprint density at radius 2 is 1.72 bits per heavy atom. The molecule has 0 saturated carbocycles. The molecule has 0 unspecified atom stereocenters. The van der Waals surface area contributed by atoms with E-state index in [1.54, 1.807) is 48.8 Å². The zero-order valence-corrected chi connectivity index (χ0v) is 24.7. The van der Waals surface area contributed by atoms with Gasteiger partial charge in [0.15, 0.2) is 17.4 Å². The minimum Gasteiger partial charge on any atom is -0.453 e. The number of imidazole rings is 1. The molecule has 0 fully saturated rings. The molecule has 0 aliphatic heterocycles. The maximum absolute atomic E-state index is 15.0. The van der Waals surface area contributed by atoms with Crippen LogP contribution in [0.4, 0.5) is 25.1 Å². The molecule has 0 saturated heterocycles. The number of aryl methyl sites for hydroxylation is 1. The van der Waals surface area contributed by atoms with Gasteiger partial charge < -0.3 is 29.8 Å². The van der Waals surface area contributed by atoms with Gasteiger partial charge in [0.05, 0.1) is 19.0 Å². The third-order valence-electron chi connectivity index (χ3n) is 6.61. The van der Waals surface area contributed by atoms with Crippen LogP contribution in [0.3, 0.4) is 0 Å². The number of hydrogen-bond donors (Lipinski definition) is 3. The number of rotatable bonds is 10. The number of pyridine rings is 2. The summed E-state index contributed by atoms with van der Waals surface area (Å²) >= 11 is 0. The van der Waals surface area contributed by atoms with Crippen LogP contribution in [0.25, 0.3) is 11.3 Å². The van der Waals surface area contributed by atoms with Crippen LogP contribution in [0.1, 0.15) is 29.4 Å². The lowest BCUT2D eigenvalue weighted by Crippen LogP contribution is -2.29. The Hall–Kier alpha value is -6.05. The Balaban J connectivity index is 1.23. The molecule has 5 aromatic rings. The van der Waals surface area contributed by atoms with E-state index >= 15 is 4.39 Å². The Morgan fingerprint density at radius 3 is 2.46 bits per heavy atom. The topological polar surface area (TPSA) is 145 Å². The lowest BCUT2D eigenvalue weighted by Gasteiger charge is -2.13. The van der Waals surface area contributed by atoms with Crippen LogP contribution in [0.5, 0.6) is 11.5 Å². The fraction of sp³-hybridized carbons (Fsp3) is 0.156. The zero-order valence-electron chi connectivity index (χ0n) is 24.7. The summed E-state index contributed by atoms with van der Waals surface area (Å²) in [5, 5.41) is 7.62. The number of nitrogens with zero attached hydrogens (tertiary/aromatic N) is 3. The van der Waals surface area contributed by atoms with Crippen LogP contribution in [-0.4, -0.2) is 45.0 Å². The van der Waals surface area contributed by atoms with E-state index in [4.69, 9.17) is 9.47 Å². The van der Waals surface area contributed by atoms with Crippen molar-refractivity contribution in [3.63, 3.8) is 0 Å². The van der Waals surface area contributed by atoms with Gasteiger partial charge in [-0.1, -0.05) is 0 Å². The number of halogens is 2. The molecule has 5 rings (SSSR count). The second-order valence-electron chi connectivity index (χ2n) is 9.91. The van der Waals surface area contributed by atoms with Gasteiger partial charge >= 0.3 is 6.09 Å². The second-order valence-corrected chi connectivity index (χ2v) is 9.91. The summed E-state index contributed by atoms with van der Waals surface area (Å²) in [5.41, 5.74) is 0.699. The number of hydrogen-bond acceptors (Lipinski definition) is 7. The van der Waals surface area contributed by atoms with Gasteiger partial charge in [0.2, 0.25) is 5.91 Å². The highest BCUT2D eigenvalue weighted by Gasteiger charge is 2.17. The Morgan fingerprint density at radius 1 is 0.935 bits per heavy atom. The lowest BCUT2D eigenvalue weighted by atomic mass is 10.2. The molecule has 3 heterocycles. The van der Waals surface area contributed by atoms with Crippen LogP contribution in [-0.2, 0) is 9.53 Å². The second kappa shape index (κ2) is 13.7. The molecule has 3 amide bonds. The van der Waals surface area contributed by atoms with Gasteiger partial charge in [-0.3, -0.25) is 19.0 Å². The predicted octanol–water partition coefficient (Wildman–Crippen LogP) is 5.19. The first-order valence-corrected chi connectivity index (χ1v) is 14.1. The van der Waals surface area contributed by atoms with Crippen LogP contribution in [0.15, 0.2) is 83.9 Å². The van der Waals surface area contributed by atoms with Crippen molar-refractivity contribution < 1.29 is 32.6 Å². The van der Waals surface area contributed by atoms with Gasteiger partial charge in [0.25, 0.3) is 11.5 Å². The molecular formula is C32H28F2N6O6. The van der Waals surface area contributed by atoms with Crippen molar-refractivity contribution in [1.82, 2.24) is 19.3 Å². The van der Waals surface area contributed by atoms with Crippen molar-refractivity contribution in [3.8, 4) is 17.2 Å². The average Bonchev–Trinajstić information content (AvgIpc) is 3.41. The third kappa shape index (κ3) is 7.35. The zero-order chi connectivity index (χ0) is 32.8. The van der Waals surface area contributed by atoms with Crippen LogP contribution in [0, 0.1) is 18.6 Å². The molecule has 3 N–H and O–H groups in total. The summed E-state index contributed by atoms with van der Waals surface area (Å²) in [5.74, 6) is -1.96. The number of aromatic nitrogens is 3. The van der Waals surface area contributed by atoms with Crippen LogP contribution < -0.4 is 26.2 Å².